The van der Waals surface area contributed by atoms with Crippen LogP contribution < -0.4 is 69.3 Å². The number of carboxylic acids is 1. The monoisotopic (exact) mass is 332 g/mol. The maximum atomic E-state index is 8.89. The minimum absolute atomic E-state index is 0. The summed E-state index contributed by atoms with van der Waals surface area (Å²) in [5, 5.41) is 17.5. The first-order valence-electron chi connectivity index (χ1n) is 5.84. The molecule has 0 heterocycles. The van der Waals surface area contributed by atoms with Crippen molar-refractivity contribution in [1.82, 2.24) is 0 Å². The predicted molar refractivity (Wildman–Crippen MR) is 71.8 cm³/mol. The number of carboxylic acid groups (broad SMARTS) is 2. The van der Waals surface area contributed by atoms with Gasteiger partial charge in [0.15, 0.2) is 0 Å². The SMILES string of the molecule is CC(=O)[O-].CCc1ccccc1C(C)C.O=C([O-])Cl.[Na+].[Na+]. The van der Waals surface area contributed by atoms with Gasteiger partial charge in [0.05, 0.1) is 0 Å². The van der Waals surface area contributed by atoms with E-state index in [-0.39, 0.29) is 59.1 Å². The molecule has 1 aromatic carbocycles. The van der Waals surface area contributed by atoms with Gasteiger partial charge in [-0.2, -0.15) is 0 Å². The summed E-state index contributed by atoms with van der Waals surface area (Å²) >= 11 is 4.08. The average molecular weight is 333 g/mol. The van der Waals surface area contributed by atoms with Crippen LogP contribution in [0.25, 0.3) is 0 Å². The van der Waals surface area contributed by atoms with Crippen molar-refractivity contribution in [3.05, 3.63) is 35.4 Å². The number of halogens is 1. The molecule has 0 aliphatic heterocycles. The molecule has 0 fully saturated rings. The van der Waals surface area contributed by atoms with E-state index in [4.69, 9.17) is 19.8 Å². The number of carbonyl (C=O) groups excluding carboxylic acids is 2. The van der Waals surface area contributed by atoms with E-state index >= 15 is 0 Å². The number of hydrogen-bond acceptors (Lipinski definition) is 4. The van der Waals surface area contributed by atoms with Crippen molar-refractivity contribution in [2.75, 3.05) is 0 Å². The molecule has 0 amide bonds. The molecule has 0 aliphatic rings. The van der Waals surface area contributed by atoms with Crippen LogP contribution in [0.3, 0.4) is 0 Å². The molecule has 0 aromatic heterocycles. The number of aryl methyl sites for hydroxylation is 1. The molecular weight excluding hydrogens is 314 g/mol. The van der Waals surface area contributed by atoms with Crippen LogP contribution in [-0.2, 0) is 11.2 Å². The van der Waals surface area contributed by atoms with E-state index in [1.807, 2.05) is 0 Å². The Morgan fingerprint density at radius 2 is 1.48 bits per heavy atom. The normalized spacial score (nSPS) is 7.90. The largest absolute Gasteiger partial charge is 1.00 e. The van der Waals surface area contributed by atoms with Crippen LogP contribution in [0.5, 0.6) is 0 Å². The van der Waals surface area contributed by atoms with Crippen LogP contribution in [0.15, 0.2) is 24.3 Å². The molecule has 0 saturated carbocycles. The van der Waals surface area contributed by atoms with E-state index < -0.39 is 11.4 Å². The van der Waals surface area contributed by atoms with Gasteiger partial charge < -0.3 is 19.8 Å². The van der Waals surface area contributed by atoms with Crippen molar-refractivity contribution in [2.45, 2.75) is 40.0 Å². The summed E-state index contributed by atoms with van der Waals surface area (Å²) in [5.41, 5.74) is 1.37. The summed E-state index contributed by atoms with van der Waals surface area (Å²) < 4.78 is 0. The second kappa shape index (κ2) is 18.5. The number of benzene rings is 1. The van der Waals surface area contributed by atoms with Gasteiger partial charge >= 0.3 is 59.1 Å². The molecule has 0 spiro atoms. The fraction of sp³-hybridized carbons (Fsp3) is 0.429. The fourth-order valence-electron chi connectivity index (χ4n) is 1.42. The molecule has 108 valence electrons. The molecular formula is C14H19ClNa2O4. The predicted octanol–water partition coefficient (Wildman–Crippen LogP) is -4.29. The van der Waals surface area contributed by atoms with Crippen molar-refractivity contribution in [1.29, 1.82) is 0 Å². The van der Waals surface area contributed by atoms with Crippen molar-refractivity contribution >= 4 is 23.0 Å². The zero-order chi connectivity index (χ0) is 15.4. The van der Waals surface area contributed by atoms with Gasteiger partial charge in [-0.3, -0.25) is 0 Å². The topological polar surface area (TPSA) is 80.3 Å². The Hall–Kier alpha value is 0.450. The van der Waals surface area contributed by atoms with E-state index in [0.717, 1.165) is 13.3 Å². The van der Waals surface area contributed by atoms with Gasteiger partial charge in [-0.1, -0.05) is 56.6 Å². The van der Waals surface area contributed by atoms with E-state index in [9.17, 15) is 0 Å². The number of carbonyl (C=O) groups is 2. The zero-order valence-electron chi connectivity index (χ0n) is 13.6. The maximum Gasteiger partial charge on any atom is 1.00 e. The van der Waals surface area contributed by atoms with Gasteiger partial charge in [-0.25, -0.2) is 0 Å². The third-order valence-corrected chi connectivity index (χ3v) is 2.06. The van der Waals surface area contributed by atoms with E-state index in [1.165, 1.54) is 11.1 Å². The van der Waals surface area contributed by atoms with Crippen LogP contribution in [0.1, 0.15) is 44.7 Å². The van der Waals surface area contributed by atoms with Gasteiger partial charge in [0, 0.05) is 5.97 Å². The second-order valence-electron chi connectivity index (χ2n) is 3.94. The fourth-order valence-corrected chi connectivity index (χ4v) is 1.42. The van der Waals surface area contributed by atoms with Gasteiger partial charge in [-0.15, -0.1) is 0 Å². The van der Waals surface area contributed by atoms with Crippen molar-refractivity contribution in [3.8, 4) is 0 Å². The Labute approximate surface area is 175 Å². The first-order chi connectivity index (χ1) is 8.72. The van der Waals surface area contributed by atoms with Crippen molar-refractivity contribution in [2.24, 2.45) is 0 Å². The van der Waals surface area contributed by atoms with Gasteiger partial charge in [0.25, 0.3) is 0 Å². The Morgan fingerprint density at radius 1 is 1.14 bits per heavy atom. The number of aliphatic carboxylic acids is 1. The van der Waals surface area contributed by atoms with E-state index in [1.54, 1.807) is 0 Å². The molecule has 0 atom stereocenters. The molecule has 1 rings (SSSR count). The van der Waals surface area contributed by atoms with Gasteiger partial charge in [0.1, 0.15) is 5.43 Å². The first kappa shape index (κ1) is 29.5. The third kappa shape index (κ3) is 22.9. The Balaban J connectivity index is -0.000000123. The van der Waals surface area contributed by atoms with Gasteiger partial charge in [0.2, 0.25) is 0 Å². The summed E-state index contributed by atoms with van der Waals surface area (Å²) in [7, 11) is 0. The molecule has 0 N–H and O–H groups in total. The maximum absolute atomic E-state index is 8.89. The second-order valence-corrected chi connectivity index (χ2v) is 4.24. The van der Waals surface area contributed by atoms with Crippen LogP contribution in [-0.4, -0.2) is 11.4 Å². The van der Waals surface area contributed by atoms with Gasteiger partial charge in [-0.05, 0) is 30.4 Å². The summed E-state index contributed by atoms with van der Waals surface area (Å²) in [5.74, 6) is -0.425. The Morgan fingerprint density at radius 3 is 1.71 bits per heavy atom. The Kier molecular flexibility index (Phi) is 26.0. The summed E-state index contributed by atoms with van der Waals surface area (Å²) in [6.07, 6.45) is 1.15. The number of hydrogen-bond donors (Lipinski definition) is 0. The van der Waals surface area contributed by atoms with Crippen LogP contribution >= 0.6 is 11.6 Å². The third-order valence-electron chi connectivity index (χ3n) is 2.06. The standard InChI is InChI=1S/C11H16.C2H4O2.CHClO2.2Na/c1-4-10-7-5-6-8-11(10)9(2)3;1-2(3)4;2-1(3)4;;/h5-9H,4H2,1-3H3;1H3,(H,3,4);(H,3,4);;/q;;;2*+1/p-2. The number of rotatable bonds is 2. The molecule has 4 nitrogen and oxygen atoms in total. The zero-order valence-corrected chi connectivity index (χ0v) is 18.4. The summed E-state index contributed by atoms with van der Waals surface area (Å²) in [6, 6.07) is 8.68. The molecule has 1 aromatic rings. The molecule has 0 saturated heterocycles. The quantitative estimate of drug-likeness (QED) is 0.405. The van der Waals surface area contributed by atoms with Crippen LogP contribution in [0, 0.1) is 0 Å². The van der Waals surface area contributed by atoms with Crippen molar-refractivity contribution in [3.63, 3.8) is 0 Å². The molecule has 0 bridgehead atoms. The van der Waals surface area contributed by atoms with Crippen LogP contribution in [0.4, 0.5) is 4.79 Å². The van der Waals surface area contributed by atoms with E-state index in [0.29, 0.717) is 5.92 Å². The summed E-state index contributed by atoms with van der Waals surface area (Å²) in [4.78, 5) is 17.5. The van der Waals surface area contributed by atoms with Crippen LogP contribution in [0.2, 0.25) is 0 Å². The first-order valence-corrected chi connectivity index (χ1v) is 6.21. The minimum atomic E-state index is -1.61. The summed E-state index contributed by atoms with van der Waals surface area (Å²) in [6.45, 7) is 7.67. The van der Waals surface area contributed by atoms with Crippen molar-refractivity contribution < 1.29 is 78.9 Å². The average Bonchev–Trinajstić information content (AvgIpc) is 2.27. The molecule has 7 heteroatoms. The minimum Gasteiger partial charge on any atom is -0.550 e. The smallest absolute Gasteiger partial charge is 0.550 e. The molecule has 0 unspecified atom stereocenters. The Bertz CT molecular complexity index is 378. The molecule has 0 radical (unpaired) electrons. The molecule has 0 aliphatic carbocycles. The molecule has 21 heavy (non-hydrogen) atoms. The van der Waals surface area contributed by atoms with E-state index in [2.05, 4.69) is 56.6 Å².